The summed E-state index contributed by atoms with van der Waals surface area (Å²) in [4.78, 5) is 41.7. The highest BCUT2D eigenvalue weighted by molar-refractivity contribution is 6.23. The van der Waals surface area contributed by atoms with Crippen molar-refractivity contribution in [1.29, 1.82) is 0 Å². The number of hydrogen-bond acceptors (Lipinski definition) is 4. The van der Waals surface area contributed by atoms with Gasteiger partial charge in [0.1, 0.15) is 5.82 Å². The predicted octanol–water partition coefficient (Wildman–Crippen LogP) is 3.14. The first-order chi connectivity index (χ1) is 15.0. The number of carbonyl (C=O) groups excluding carboxylic acids is 3. The van der Waals surface area contributed by atoms with Gasteiger partial charge in [0, 0.05) is 19.6 Å². The van der Waals surface area contributed by atoms with E-state index in [1.807, 2.05) is 11.0 Å². The van der Waals surface area contributed by atoms with Crippen LogP contribution in [0.1, 0.15) is 39.1 Å². The largest absolute Gasteiger partial charge is 0.370 e. The van der Waals surface area contributed by atoms with Crippen LogP contribution >= 0.6 is 0 Å². The van der Waals surface area contributed by atoms with Gasteiger partial charge in [0.05, 0.1) is 29.3 Å². The van der Waals surface area contributed by atoms with Gasteiger partial charge >= 0.3 is 0 Å². The third-order valence-corrected chi connectivity index (χ3v) is 5.76. The van der Waals surface area contributed by atoms with Gasteiger partial charge in [-0.05, 0) is 42.7 Å². The van der Waals surface area contributed by atoms with Crippen LogP contribution in [0.2, 0.25) is 0 Å². The maximum atomic E-state index is 13.6. The fourth-order valence-electron chi connectivity index (χ4n) is 4.27. The normalized spacial score (nSPS) is 18.2. The maximum Gasteiger partial charge on any atom is 0.263 e. The molecule has 0 spiro atoms. The van der Waals surface area contributed by atoms with Crippen LogP contribution in [0.3, 0.4) is 0 Å². The molecule has 1 atom stereocenters. The highest BCUT2D eigenvalue weighted by Gasteiger charge is 2.39. The Morgan fingerprint density at radius 2 is 2.00 bits per heavy atom. The Morgan fingerprint density at radius 3 is 2.77 bits per heavy atom. The summed E-state index contributed by atoms with van der Waals surface area (Å²) in [5.41, 5.74) is 1.92. The molecule has 6 nitrogen and oxygen atoms in total. The van der Waals surface area contributed by atoms with E-state index in [1.54, 1.807) is 30.3 Å². The molecule has 2 aliphatic rings. The van der Waals surface area contributed by atoms with Crippen LogP contribution in [0.15, 0.2) is 55.1 Å². The second-order valence-electron chi connectivity index (χ2n) is 7.85. The first kappa shape index (κ1) is 20.8. The molecule has 7 heteroatoms. The van der Waals surface area contributed by atoms with Gasteiger partial charge in [-0.25, -0.2) is 4.39 Å². The van der Waals surface area contributed by atoms with Crippen molar-refractivity contribution >= 4 is 23.4 Å². The predicted molar refractivity (Wildman–Crippen MR) is 115 cm³/mol. The van der Waals surface area contributed by atoms with Crippen LogP contribution in [-0.4, -0.2) is 42.3 Å². The number of carbonyl (C=O) groups is 3. The zero-order chi connectivity index (χ0) is 22.0. The van der Waals surface area contributed by atoms with E-state index in [-0.39, 0.29) is 24.3 Å². The highest BCUT2D eigenvalue weighted by atomic mass is 19.1. The van der Waals surface area contributed by atoms with Gasteiger partial charge in [0.25, 0.3) is 11.8 Å². The third-order valence-electron chi connectivity index (χ3n) is 5.76. The molecule has 2 heterocycles. The van der Waals surface area contributed by atoms with Crippen LogP contribution in [0.5, 0.6) is 0 Å². The molecule has 4 rings (SSSR count). The summed E-state index contributed by atoms with van der Waals surface area (Å²) in [6.45, 7) is 5.22. The van der Waals surface area contributed by atoms with Crippen molar-refractivity contribution in [3.8, 4) is 0 Å². The number of nitrogens with one attached hydrogen (secondary N) is 1. The van der Waals surface area contributed by atoms with E-state index >= 15 is 0 Å². The SMILES string of the molecule is C=CCNC(=O)C1CCCN(c2cccc3c2C(=O)N(Cc2cccc(F)c2)C3=O)C1. The lowest BCUT2D eigenvalue weighted by Crippen LogP contribution is -2.43. The minimum Gasteiger partial charge on any atom is -0.370 e. The molecule has 0 aliphatic carbocycles. The molecule has 160 valence electrons. The van der Waals surface area contributed by atoms with Gasteiger partial charge in [0.2, 0.25) is 5.91 Å². The smallest absolute Gasteiger partial charge is 0.263 e. The molecule has 3 amide bonds. The Balaban J connectivity index is 1.58. The number of fused-ring (bicyclic) bond motifs is 1. The number of rotatable bonds is 6. The van der Waals surface area contributed by atoms with Crippen LogP contribution < -0.4 is 10.2 Å². The lowest BCUT2D eigenvalue weighted by atomic mass is 9.95. The molecule has 2 aromatic rings. The Hall–Kier alpha value is -3.48. The summed E-state index contributed by atoms with van der Waals surface area (Å²) < 4.78 is 13.6. The monoisotopic (exact) mass is 421 g/mol. The average molecular weight is 421 g/mol. The van der Waals surface area contributed by atoms with E-state index in [9.17, 15) is 18.8 Å². The third kappa shape index (κ3) is 4.08. The zero-order valence-electron chi connectivity index (χ0n) is 17.1. The van der Waals surface area contributed by atoms with Crippen molar-refractivity contribution in [2.24, 2.45) is 5.92 Å². The van der Waals surface area contributed by atoms with Crippen molar-refractivity contribution < 1.29 is 18.8 Å². The number of benzene rings is 2. The highest BCUT2D eigenvalue weighted by Crippen LogP contribution is 2.34. The molecule has 0 aromatic heterocycles. The minimum atomic E-state index is -0.413. The van der Waals surface area contributed by atoms with Gasteiger partial charge in [0.15, 0.2) is 0 Å². The van der Waals surface area contributed by atoms with E-state index in [2.05, 4.69) is 11.9 Å². The minimum absolute atomic E-state index is 0.0101. The topological polar surface area (TPSA) is 69.7 Å². The molecule has 1 N–H and O–H groups in total. The molecule has 2 aliphatic heterocycles. The molecule has 0 saturated carbocycles. The van der Waals surface area contributed by atoms with Crippen molar-refractivity contribution in [2.75, 3.05) is 24.5 Å². The van der Waals surface area contributed by atoms with Gasteiger partial charge in [-0.1, -0.05) is 24.3 Å². The molecule has 0 radical (unpaired) electrons. The zero-order valence-corrected chi connectivity index (χ0v) is 17.1. The van der Waals surface area contributed by atoms with Crippen LogP contribution in [0.4, 0.5) is 10.1 Å². The number of nitrogens with zero attached hydrogens (tertiary/aromatic N) is 2. The van der Waals surface area contributed by atoms with Crippen molar-refractivity contribution in [1.82, 2.24) is 10.2 Å². The summed E-state index contributed by atoms with van der Waals surface area (Å²) in [5.74, 6) is -1.42. The van der Waals surface area contributed by atoms with Gasteiger partial charge < -0.3 is 10.2 Å². The number of halogens is 1. The summed E-state index contributed by atoms with van der Waals surface area (Å²) >= 11 is 0. The molecular formula is C24H24FN3O3. The van der Waals surface area contributed by atoms with Crippen LogP contribution in [-0.2, 0) is 11.3 Å². The van der Waals surface area contributed by atoms with Crippen molar-refractivity contribution in [2.45, 2.75) is 19.4 Å². The second kappa shape index (κ2) is 8.71. The molecule has 31 heavy (non-hydrogen) atoms. The second-order valence-corrected chi connectivity index (χ2v) is 7.85. The van der Waals surface area contributed by atoms with E-state index in [0.717, 1.165) is 17.7 Å². The fourth-order valence-corrected chi connectivity index (χ4v) is 4.27. The molecule has 1 saturated heterocycles. The number of amides is 3. The number of piperidine rings is 1. The van der Waals surface area contributed by atoms with E-state index in [4.69, 9.17) is 0 Å². The summed E-state index contributed by atoms with van der Waals surface area (Å²) in [7, 11) is 0. The lowest BCUT2D eigenvalue weighted by molar-refractivity contribution is -0.125. The summed E-state index contributed by atoms with van der Waals surface area (Å²) in [6.07, 6.45) is 3.22. The van der Waals surface area contributed by atoms with E-state index in [0.29, 0.717) is 42.0 Å². The number of hydrogen-bond donors (Lipinski definition) is 1. The Bertz CT molecular complexity index is 1050. The molecule has 0 bridgehead atoms. The molecule has 1 fully saturated rings. The van der Waals surface area contributed by atoms with Gasteiger partial charge in [-0.3, -0.25) is 19.3 Å². The van der Waals surface area contributed by atoms with Gasteiger partial charge in [-0.2, -0.15) is 0 Å². The summed E-state index contributed by atoms with van der Waals surface area (Å²) in [5, 5.41) is 2.84. The van der Waals surface area contributed by atoms with Gasteiger partial charge in [-0.15, -0.1) is 6.58 Å². The summed E-state index contributed by atoms with van der Waals surface area (Å²) in [6, 6.07) is 11.1. The molecule has 1 unspecified atom stereocenters. The maximum absolute atomic E-state index is 13.6. The first-order valence-electron chi connectivity index (χ1n) is 10.4. The lowest BCUT2D eigenvalue weighted by Gasteiger charge is -2.34. The average Bonchev–Trinajstić information content (AvgIpc) is 3.02. The number of imide groups is 1. The molecular weight excluding hydrogens is 397 g/mol. The Morgan fingerprint density at radius 1 is 1.19 bits per heavy atom. The Labute approximate surface area is 180 Å². The molecule has 2 aromatic carbocycles. The number of anilines is 1. The van der Waals surface area contributed by atoms with E-state index < -0.39 is 11.7 Å². The Kier molecular flexibility index (Phi) is 5.84. The van der Waals surface area contributed by atoms with Crippen LogP contribution in [0, 0.1) is 11.7 Å². The van der Waals surface area contributed by atoms with Crippen molar-refractivity contribution in [3.63, 3.8) is 0 Å². The first-order valence-corrected chi connectivity index (χ1v) is 10.4. The van der Waals surface area contributed by atoms with Crippen LogP contribution in [0.25, 0.3) is 0 Å². The quantitative estimate of drug-likeness (QED) is 0.575. The van der Waals surface area contributed by atoms with E-state index in [1.165, 1.54) is 12.1 Å². The van der Waals surface area contributed by atoms with Crippen molar-refractivity contribution in [3.05, 3.63) is 77.6 Å². The fraction of sp³-hybridized carbons (Fsp3) is 0.292. The standard InChI is InChI=1S/C24H24FN3O3/c1-2-11-26-22(29)17-7-5-12-27(15-17)20-10-4-9-19-21(20)24(31)28(23(19)30)14-16-6-3-8-18(25)13-16/h2-4,6,8-10,13,17H,1,5,7,11-12,14-15H2,(H,26,29).